The van der Waals surface area contributed by atoms with Crippen LogP contribution in [0.2, 0.25) is 0 Å². The van der Waals surface area contributed by atoms with E-state index in [1.165, 1.54) is 12.2 Å². The van der Waals surface area contributed by atoms with Crippen molar-refractivity contribution < 1.29 is 9.47 Å². The van der Waals surface area contributed by atoms with E-state index in [1.807, 2.05) is 27.7 Å². The molecule has 1 heterocycles. The van der Waals surface area contributed by atoms with Gasteiger partial charge in [-0.25, -0.2) is 0 Å². The molecular weight excluding hydrogens is 204 g/mol. The second-order valence-corrected chi connectivity index (χ2v) is 4.51. The standard InChI is InChI=1S/C12H14N2O2/c1-11(2)12(3,4)16-10(15-11)6-5-9(7-13)8-14/h5-6H,1-4H3. The molecule has 0 N–H and O–H groups in total. The van der Waals surface area contributed by atoms with Crippen LogP contribution in [0.25, 0.3) is 0 Å². The van der Waals surface area contributed by atoms with Crippen molar-refractivity contribution in [2.45, 2.75) is 38.9 Å². The van der Waals surface area contributed by atoms with E-state index >= 15 is 0 Å². The topological polar surface area (TPSA) is 66.0 Å². The maximum Gasteiger partial charge on any atom is 0.280 e. The van der Waals surface area contributed by atoms with E-state index in [9.17, 15) is 0 Å². The van der Waals surface area contributed by atoms with Crippen molar-refractivity contribution in [1.29, 1.82) is 10.5 Å². The Balaban J connectivity index is 2.91. The van der Waals surface area contributed by atoms with Crippen LogP contribution < -0.4 is 0 Å². The van der Waals surface area contributed by atoms with Gasteiger partial charge in [-0.05, 0) is 33.8 Å². The molecule has 0 aliphatic carbocycles. The minimum Gasteiger partial charge on any atom is -0.455 e. The van der Waals surface area contributed by atoms with Crippen LogP contribution >= 0.6 is 0 Å². The van der Waals surface area contributed by atoms with E-state index in [1.54, 1.807) is 12.1 Å². The minimum atomic E-state index is -0.438. The molecule has 16 heavy (non-hydrogen) atoms. The molecule has 0 amide bonds. The van der Waals surface area contributed by atoms with Gasteiger partial charge in [0.1, 0.15) is 28.9 Å². The molecule has 0 radical (unpaired) electrons. The summed E-state index contributed by atoms with van der Waals surface area (Å²) in [6.07, 6.45) is 2.88. The van der Waals surface area contributed by atoms with E-state index in [0.29, 0.717) is 5.95 Å². The molecule has 4 heteroatoms. The molecule has 0 aromatic carbocycles. The van der Waals surface area contributed by atoms with Crippen LogP contribution in [-0.2, 0) is 9.47 Å². The summed E-state index contributed by atoms with van der Waals surface area (Å²) in [7, 11) is 0. The second-order valence-electron chi connectivity index (χ2n) is 4.51. The van der Waals surface area contributed by atoms with Crippen molar-refractivity contribution in [2.75, 3.05) is 0 Å². The summed E-state index contributed by atoms with van der Waals surface area (Å²) in [5.74, 6) is 0.331. The van der Waals surface area contributed by atoms with Crippen LogP contribution in [0.4, 0.5) is 0 Å². The molecule has 1 aliphatic rings. The zero-order valence-electron chi connectivity index (χ0n) is 9.87. The van der Waals surface area contributed by atoms with Gasteiger partial charge >= 0.3 is 0 Å². The first-order valence-electron chi connectivity index (χ1n) is 4.92. The highest BCUT2D eigenvalue weighted by Gasteiger charge is 2.48. The van der Waals surface area contributed by atoms with Gasteiger partial charge in [0.05, 0.1) is 0 Å². The Morgan fingerprint density at radius 3 is 1.88 bits per heavy atom. The van der Waals surface area contributed by atoms with Crippen LogP contribution in [0.1, 0.15) is 27.7 Å². The highest BCUT2D eigenvalue weighted by atomic mass is 16.7. The lowest BCUT2D eigenvalue weighted by molar-refractivity contribution is 0.00578. The zero-order valence-corrected chi connectivity index (χ0v) is 9.87. The number of hydrogen-bond acceptors (Lipinski definition) is 4. The largest absolute Gasteiger partial charge is 0.455 e. The quantitative estimate of drug-likeness (QED) is 0.634. The van der Waals surface area contributed by atoms with Crippen molar-refractivity contribution >= 4 is 0 Å². The molecule has 1 rings (SSSR count). The summed E-state index contributed by atoms with van der Waals surface area (Å²) in [5.41, 5.74) is -0.861. The molecule has 0 aromatic heterocycles. The number of rotatable bonds is 1. The van der Waals surface area contributed by atoms with E-state index in [-0.39, 0.29) is 5.57 Å². The number of nitriles is 2. The fourth-order valence-corrected chi connectivity index (χ4v) is 1.09. The van der Waals surface area contributed by atoms with Crippen LogP contribution in [-0.4, -0.2) is 11.2 Å². The molecule has 0 unspecified atom stereocenters. The smallest absolute Gasteiger partial charge is 0.280 e. The van der Waals surface area contributed by atoms with Crippen molar-refractivity contribution in [2.24, 2.45) is 0 Å². The van der Waals surface area contributed by atoms with Crippen molar-refractivity contribution in [1.82, 2.24) is 0 Å². The van der Waals surface area contributed by atoms with Gasteiger partial charge in [0.2, 0.25) is 0 Å². The minimum absolute atomic E-state index is 0.0159. The Labute approximate surface area is 95.4 Å². The van der Waals surface area contributed by atoms with Crippen LogP contribution in [0.5, 0.6) is 0 Å². The predicted octanol–water partition coefficient (Wildman–Crippen LogP) is 2.41. The summed E-state index contributed by atoms with van der Waals surface area (Å²) >= 11 is 0. The molecule has 1 saturated heterocycles. The molecule has 0 bridgehead atoms. The molecule has 1 aliphatic heterocycles. The highest BCUT2D eigenvalue weighted by Crippen LogP contribution is 2.39. The zero-order chi connectivity index (χ0) is 12.4. The number of ether oxygens (including phenoxy) is 2. The maximum atomic E-state index is 8.55. The molecule has 0 spiro atoms. The predicted molar refractivity (Wildman–Crippen MR) is 57.7 cm³/mol. The first kappa shape index (κ1) is 12.1. The van der Waals surface area contributed by atoms with Crippen molar-refractivity contribution in [3.63, 3.8) is 0 Å². The maximum absolute atomic E-state index is 8.55. The van der Waals surface area contributed by atoms with Crippen molar-refractivity contribution in [3.05, 3.63) is 23.7 Å². The van der Waals surface area contributed by atoms with Crippen molar-refractivity contribution in [3.8, 4) is 12.1 Å². The summed E-state index contributed by atoms with van der Waals surface area (Å²) in [6, 6.07) is 3.52. The third kappa shape index (κ3) is 2.17. The summed E-state index contributed by atoms with van der Waals surface area (Å²) in [4.78, 5) is 0. The average molecular weight is 218 g/mol. The first-order valence-corrected chi connectivity index (χ1v) is 4.92. The molecule has 0 aromatic rings. The van der Waals surface area contributed by atoms with Crippen LogP contribution in [0.15, 0.2) is 23.7 Å². The van der Waals surface area contributed by atoms with Gasteiger partial charge in [-0.15, -0.1) is 0 Å². The van der Waals surface area contributed by atoms with Gasteiger partial charge in [0.25, 0.3) is 5.95 Å². The molecule has 84 valence electrons. The fourth-order valence-electron chi connectivity index (χ4n) is 1.09. The van der Waals surface area contributed by atoms with E-state index < -0.39 is 11.2 Å². The Kier molecular flexibility index (Phi) is 2.96. The van der Waals surface area contributed by atoms with Crippen LogP contribution in [0.3, 0.4) is 0 Å². The Bertz CT molecular complexity index is 397. The van der Waals surface area contributed by atoms with E-state index in [4.69, 9.17) is 20.0 Å². The summed E-state index contributed by atoms with van der Waals surface area (Å²) in [6.45, 7) is 7.69. The van der Waals surface area contributed by atoms with Gasteiger partial charge in [-0.2, -0.15) is 10.5 Å². The lowest BCUT2D eigenvalue weighted by atomic mass is 9.90. The highest BCUT2D eigenvalue weighted by molar-refractivity contribution is 5.38. The molecule has 4 nitrogen and oxygen atoms in total. The molecule has 0 atom stereocenters. The van der Waals surface area contributed by atoms with Gasteiger partial charge < -0.3 is 9.47 Å². The fraction of sp³-hybridized carbons (Fsp3) is 0.500. The Morgan fingerprint density at radius 2 is 1.50 bits per heavy atom. The Hall–Kier alpha value is -1.94. The average Bonchev–Trinajstić information content (AvgIpc) is 2.37. The SMILES string of the molecule is CC1(C)OC(=CC=C(C#N)C#N)OC1(C)C. The summed E-state index contributed by atoms with van der Waals surface area (Å²) in [5, 5.41) is 17.1. The molecular formula is C12H14N2O2. The second kappa shape index (κ2) is 3.90. The van der Waals surface area contributed by atoms with E-state index in [0.717, 1.165) is 0 Å². The molecule has 0 saturated carbocycles. The van der Waals surface area contributed by atoms with Gasteiger partial charge in [0, 0.05) is 6.08 Å². The molecule has 1 fully saturated rings. The lowest BCUT2D eigenvalue weighted by Crippen LogP contribution is -2.41. The third-order valence-corrected chi connectivity index (χ3v) is 2.79. The number of nitrogens with zero attached hydrogens (tertiary/aromatic N) is 2. The number of hydrogen-bond donors (Lipinski definition) is 0. The normalized spacial score (nSPS) is 19.8. The van der Waals surface area contributed by atoms with Crippen LogP contribution in [0, 0.1) is 22.7 Å². The van der Waals surface area contributed by atoms with Gasteiger partial charge in [0.15, 0.2) is 0 Å². The van der Waals surface area contributed by atoms with Gasteiger partial charge in [-0.1, -0.05) is 0 Å². The van der Waals surface area contributed by atoms with E-state index in [2.05, 4.69) is 0 Å². The summed E-state index contributed by atoms with van der Waals surface area (Å²) < 4.78 is 11.2. The first-order chi connectivity index (χ1) is 7.32. The lowest BCUT2D eigenvalue weighted by Gasteiger charge is -2.28. The monoisotopic (exact) mass is 218 g/mol. The Morgan fingerprint density at radius 1 is 1.06 bits per heavy atom. The third-order valence-electron chi connectivity index (χ3n) is 2.79. The number of allylic oxidation sites excluding steroid dienone is 3. The van der Waals surface area contributed by atoms with Gasteiger partial charge in [-0.3, -0.25) is 0 Å².